The number of fused-ring (bicyclic) bond motifs is 1. The third-order valence-electron chi connectivity index (χ3n) is 3.57. The number of allylic oxidation sites excluding steroid dienone is 1. The molecule has 0 N–H and O–H groups in total. The SMILES string of the molecule is CCCc1cnccc1/C=C(\C)c1cnc2ccc(Cl)nn12. The minimum Gasteiger partial charge on any atom is -0.264 e. The highest BCUT2D eigenvalue weighted by Crippen LogP contribution is 2.21. The Kier molecular flexibility index (Phi) is 4.20. The molecule has 3 aromatic heterocycles. The van der Waals surface area contributed by atoms with Gasteiger partial charge in [-0.25, -0.2) is 9.50 Å². The lowest BCUT2D eigenvalue weighted by atomic mass is 10.0. The Labute approximate surface area is 134 Å². The van der Waals surface area contributed by atoms with E-state index in [1.807, 2.05) is 30.7 Å². The molecular weight excluding hydrogens is 296 g/mol. The highest BCUT2D eigenvalue weighted by Gasteiger charge is 2.08. The molecule has 3 aromatic rings. The van der Waals surface area contributed by atoms with Gasteiger partial charge < -0.3 is 0 Å². The molecule has 0 amide bonds. The fourth-order valence-corrected chi connectivity index (χ4v) is 2.62. The van der Waals surface area contributed by atoms with Crippen molar-refractivity contribution < 1.29 is 0 Å². The van der Waals surface area contributed by atoms with Gasteiger partial charge in [0.1, 0.15) is 5.15 Å². The van der Waals surface area contributed by atoms with Crippen molar-refractivity contribution in [3.8, 4) is 0 Å². The zero-order valence-corrected chi connectivity index (χ0v) is 13.4. The molecule has 3 rings (SSSR count). The average Bonchev–Trinajstić information content (AvgIpc) is 2.92. The summed E-state index contributed by atoms with van der Waals surface area (Å²) < 4.78 is 1.77. The quantitative estimate of drug-likeness (QED) is 0.721. The molecule has 4 nitrogen and oxygen atoms in total. The van der Waals surface area contributed by atoms with Crippen molar-refractivity contribution in [2.75, 3.05) is 0 Å². The molecule has 0 aromatic carbocycles. The van der Waals surface area contributed by atoms with Gasteiger partial charge in [0.05, 0.1) is 11.9 Å². The van der Waals surface area contributed by atoms with Crippen LogP contribution in [0.1, 0.15) is 37.1 Å². The van der Waals surface area contributed by atoms with Crippen LogP contribution in [0.15, 0.2) is 36.8 Å². The summed E-state index contributed by atoms with van der Waals surface area (Å²) >= 11 is 5.99. The number of nitrogens with zero attached hydrogens (tertiary/aromatic N) is 4. The number of rotatable bonds is 4. The fourth-order valence-electron chi connectivity index (χ4n) is 2.48. The van der Waals surface area contributed by atoms with Crippen LogP contribution in [0.5, 0.6) is 0 Å². The Morgan fingerprint density at radius 2 is 2.14 bits per heavy atom. The molecule has 0 fully saturated rings. The summed E-state index contributed by atoms with van der Waals surface area (Å²) in [6, 6.07) is 5.65. The Morgan fingerprint density at radius 3 is 2.95 bits per heavy atom. The van der Waals surface area contributed by atoms with Gasteiger partial charge in [0, 0.05) is 12.4 Å². The average molecular weight is 313 g/mol. The van der Waals surface area contributed by atoms with Gasteiger partial charge in [-0.1, -0.05) is 24.9 Å². The van der Waals surface area contributed by atoms with Gasteiger partial charge >= 0.3 is 0 Å². The van der Waals surface area contributed by atoms with E-state index in [2.05, 4.69) is 35.0 Å². The van der Waals surface area contributed by atoms with Crippen LogP contribution in [-0.2, 0) is 6.42 Å². The number of hydrogen-bond acceptors (Lipinski definition) is 3. The summed E-state index contributed by atoms with van der Waals surface area (Å²) in [7, 11) is 0. The molecule has 22 heavy (non-hydrogen) atoms. The van der Waals surface area contributed by atoms with E-state index in [9.17, 15) is 0 Å². The number of hydrogen-bond donors (Lipinski definition) is 0. The predicted octanol–water partition coefficient (Wildman–Crippen LogP) is 4.29. The first kappa shape index (κ1) is 14.7. The lowest BCUT2D eigenvalue weighted by Gasteiger charge is -2.06. The number of aromatic nitrogens is 4. The monoisotopic (exact) mass is 312 g/mol. The normalized spacial score (nSPS) is 12.0. The van der Waals surface area contributed by atoms with Gasteiger partial charge in [-0.05, 0) is 54.3 Å². The Bertz CT molecular complexity index is 836. The van der Waals surface area contributed by atoms with Crippen LogP contribution in [-0.4, -0.2) is 19.6 Å². The molecule has 0 aliphatic carbocycles. The maximum Gasteiger partial charge on any atom is 0.154 e. The van der Waals surface area contributed by atoms with Crippen molar-refractivity contribution in [1.82, 2.24) is 19.6 Å². The summed E-state index contributed by atoms with van der Waals surface area (Å²) in [5.74, 6) is 0. The molecule has 0 radical (unpaired) electrons. The summed E-state index contributed by atoms with van der Waals surface area (Å²) in [4.78, 5) is 8.59. The summed E-state index contributed by atoms with van der Waals surface area (Å²) in [5, 5.41) is 4.78. The van der Waals surface area contributed by atoms with Crippen LogP contribution in [0, 0.1) is 0 Å². The molecule has 0 atom stereocenters. The first-order chi connectivity index (χ1) is 10.7. The van der Waals surface area contributed by atoms with E-state index in [1.54, 1.807) is 10.6 Å². The molecule has 0 unspecified atom stereocenters. The molecule has 0 saturated carbocycles. The Morgan fingerprint density at radius 1 is 1.27 bits per heavy atom. The third-order valence-corrected chi connectivity index (χ3v) is 3.77. The molecular formula is C17H17ClN4. The fraction of sp³-hybridized carbons (Fsp3) is 0.235. The first-order valence-corrected chi connectivity index (χ1v) is 7.68. The van der Waals surface area contributed by atoms with Crippen molar-refractivity contribution in [2.24, 2.45) is 0 Å². The summed E-state index contributed by atoms with van der Waals surface area (Å²) in [6.45, 7) is 4.23. The minimum absolute atomic E-state index is 0.454. The Balaban J connectivity index is 2.05. The largest absolute Gasteiger partial charge is 0.264 e. The van der Waals surface area contributed by atoms with E-state index in [0.717, 1.165) is 29.8 Å². The maximum absolute atomic E-state index is 5.99. The molecule has 0 spiro atoms. The summed E-state index contributed by atoms with van der Waals surface area (Å²) in [5.41, 5.74) is 5.26. The number of imidazole rings is 1. The van der Waals surface area contributed by atoms with E-state index in [1.165, 1.54) is 11.1 Å². The highest BCUT2D eigenvalue weighted by molar-refractivity contribution is 6.29. The topological polar surface area (TPSA) is 43.1 Å². The van der Waals surface area contributed by atoms with Crippen molar-refractivity contribution in [1.29, 1.82) is 0 Å². The minimum atomic E-state index is 0.454. The zero-order chi connectivity index (χ0) is 15.5. The molecule has 0 bridgehead atoms. The summed E-state index contributed by atoms with van der Waals surface area (Å²) in [6.07, 6.45) is 9.85. The van der Waals surface area contributed by atoms with E-state index in [4.69, 9.17) is 11.6 Å². The van der Waals surface area contributed by atoms with Crippen molar-refractivity contribution in [3.63, 3.8) is 0 Å². The van der Waals surface area contributed by atoms with Crippen LogP contribution < -0.4 is 0 Å². The second kappa shape index (κ2) is 6.28. The van der Waals surface area contributed by atoms with Gasteiger partial charge in [-0.2, -0.15) is 5.10 Å². The van der Waals surface area contributed by atoms with Gasteiger partial charge in [0.2, 0.25) is 0 Å². The van der Waals surface area contributed by atoms with Crippen LogP contribution in [0.3, 0.4) is 0 Å². The van der Waals surface area contributed by atoms with Crippen molar-refractivity contribution in [2.45, 2.75) is 26.7 Å². The smallest absolute Gasteiger partial charge is 0.154 e. The zero-order valence-electron chi connectivity index (χ0n) is 12.6. The standard InChI is InChI=1S/C17H17ClN4/c1-3-4-14-10-19-8-7-13(14)9-12(2)15-11-20-17-6-5-16(18)21-22(15)17/h5-11H,3-4H2,1-2H3/b12-9+. The molecule has 0 aliphatic heterocycles. The third kappa shape index (κ3) is 2.88. The van der Waals surface area contributed by atoms with E-state index >= 15 is 0 Å². The van der Waals surface area contributed by atoms with Gasteiger partial charge in [0.15, 0.2) is 5.65 Å². The Hall–Kier alpha value is -2.20. The molecule has 0 aliphatic rings. The number of pyridine rings is 1. The van der Waals surface area contributed by atoms with Gasteiger partial charge in [0.25, 0.3) is 0 Å². The van der Waals surface area contributed by atoms with Crippen LogP contribution in [0.2, 0.25) is 5.15 Å². The van der Waals surface area contributed by atoms with E-state index in [0.29, 0.717) is 5.15 Å². The molecule has 112 valence electrons. The maximum atomic E-state index is 5.99. The number of halogens is 1. The van der Waals surface area contributed by atoms with Crippen LogP contribution >= 0.6 is 11.6 Å². The first-order valence-electron chi connectivity index (χ1n) is 7.31. The number of aryl methyl sites for hydroxylation is 1. The van der Waals surface area contributed by atoms with E-state index in [-0.39, 0.29) is 0 Å². The van der Waals surface area contributed by atoms with Gasteiger partial charge in [-0.15, -0.1) is 0 Å². The molecule has 5 heteroatoms. The lowest BCUT2D eigenvalue weighted by Crippen LogP contribution is -1.96. The molecule has 0 saturated heterocycles. The van der Waals surface area contributed by atoms with Crippen molar-refractivity contribution >= 4 is 28.9 Å². The second-order valence-electron chi connectivity index (χ2n) is 5.22. The van der Waals surface area contributed by atoms with E-state index < -0.39 is 0 Å². The van der Waals surface area contributed by atoms with Crippen molar-refractivity contribution in [3.05, 3.63) is 58.8 Å². The molecule has 3 heterocycles. The van der Waals surface area contributed by atoms with Crippen LogP contribution in [0.25, 0.3) is 17.3 Å². The van der Waals surface area contributed by atoms with Crippen LogP contribution in [0.4, 0.5) is 0 Å². The highest BCUT2D eigenvalue weighted by atomic mass is 35.5. The second-order valence-corrected chi connectivity index (χ2v) is 5.61. The predicted molar refractivity (Wildman–Crippen MR) is 89.8 cm³/mol. The van der Waals surface area contributed by atoms with Gasteiger partial charge in [-0.3, -0.25) is 4.98 Å². The lowest BCUT2D eigenvalue weighted by molar-refractivity contribution is 0.910.